The normalized spacial score (nSPS) is 10.8. The van der Waals surface area contributed by atoms with Crippen molar-refractivity contribution in [2.24, 2.45) is 7.05 Å². The Morgan fingerprint density at radius 1 is 1.28 bits per heavy atom. The predicted molar refractivity (Wildman–Crippen MR) is 71.1 cm³/mol. The van der Waals surface area contributed by atoms with Crippen LogP contribution in [0.3, 0.4) is 0 Å². The second-order valence-corrected chi connectivity index (χ2v) is 4.48. The highest BCUT2D eigenvalue weighted by Crippen LogP contribution is 2.04. The first-order chi connectivity index (χ1) is 8.65. The zero-order valence-electron chi connectivity index (χ0n) is 10.7. The number of rotatable bonds is 4. The third-order valence-electron chi connectivity index (χ3n) is 2.78. The van der Waals surface area contributed by atoms with E-state index in [1.807, 2.05) is 31.3 Å². The van der Waals surface area contributed by atoms with E-state index >= 15 is 0 Å². The van der Waals surface area contributed by atoms with Gasteiger partial charge in [-0.05, 0) is 30.8 Å². The molecule has 2 aromatic rings. The van der Waals surface area contributed by atoms with Crippen LogP contribution in [-0.2, 0) is 20.1 Å². The summed E-state index contributed by atoms with van der Waals surface area (Å²) in [6, 6.07) is 9.53. The highest BCUT2D eigenvalue weighted by atomic mass is 16.1. The van der Waals surface area contributed by atoms with Crippen LogP contribution in [0.5, 0.6) is 0 Å². The van der Waals surface area contributed by atoms with Gasteiger partial charge in [-0.3, -0.25) is 14.7 Å². The summed E-state index contributed by atoms with van der Waals surface area (Å²) in [6.07, 6.45) is 3.59. The van der Waals surface area contributed by atoms with Crippen LogP contribution < -0.4 is 5.56 Å². The zero-order chi connectivity index (χ0) is 13.0. The summed E-state index contributed by atoms with van der Waals surface area (Å²) in [4.78, 5) is 17.9. The molecule has 0 atom stereocenters. The van der Waals surface area contributed by atoms with E-state index in [4.69, 9.17) is 0 Å². The Balaban J connectivity index is 2.01. The standard InChI is InChI=1S/C14H17N3O/c1-16(11-13-5-3-4-7-15-13)10-12-6-8-17(2)14(18)9-12/h3-9H,10-11H2,1-2H3. The van der Waals surface area contributed by atoms with E-state index in [-0.39, 0.29) is 5.56 Å². The van der Waals surface area contributed by atoms with Gasteiger partial charge in [-0.15, -0.1) is 0 Å². The summed E-state index contributed by atoms with van der Waals surface area (Å²) in [6.45, 7) is 1.52. The number of hydrogen-bond donors (Lipinski definition) is 0. The van der Waals surface area contributed by atoms with Crippen LogP contribution in [-0.4, -0.2) is 21.5 Å². The molecule has 0 fully saturated rings. The molecule has 0 radical (unpaired) electrons. The van der Waals surface area contributed by atoms with Crippen molar-refractivity contribution in [1.82, 2.24) is 14.5 Å². The summed E-state index contributed by atoms with van der Waals surface area (Å²) in [5.74, 6) is 0. The van der Waals surface area contributed by atoms with E-state index in [0.717, 1.165) is 24.3 Å². The van der Waals surface area contributed by atoms with Crippen molar-refractivity contribution in [3.63, 3.8) is 0 Å². The maximum Gasteiger partial charge on any atom is 0.250 e. The Morgan fingerprint density at radius 2 is 2.11 bits per heavy atom. The van der Waals surface area contributed by atoms with Crippen molar-refractivity contribution in [2.45, 2.75) is 13.1 Å². The minimum absolute atomic E-state index is 0.0266. The first-order valence-electron chi connectivity index (χ1n) is 5.89. The monoisotopic (exact) mass is 243 g/mol. The van der Waals surface area contributed by atoms with Crippen LogP contribution in [0.25, 0.3) is 0 Å². The highest BCUT2D eigenvalue weighted by Gasteiger charge is 2.03. The van der Waals surface area contributed by atoms with Gasteiger partial charge in [0.25, 0.3) is 5.56 Å². The number of nitrogens with zero attached hydrogens (tertiary/aromatic N) is 3. The van der Waals surface area contributed by atoms with Crippen LogP contribution in [0.15, 0.2) is 47.5 Å². The number of aromatic nitrogens is 2. The van der Waals surface area contributed by atoms with Crippen LogP contribution in [0.1, 0.15) is 11.3 Å². The van der Waals surface area contributed by atoms with Gasteiger partial charge >= 0.3 is 0 Å². The number of pyridine rings is 2. The number of aryl methyl sites for hydroxylation is 1. The first-order valence-corrected chi connectivity index (χ1v) is 5.89. The van der Waals surface area contributed by atoms with Gasteiger partial charge in [-0.25, -0.2) is 0 Å². The minimum atomic E-state index is 0.0266. The molecule has 2 heterocycles. The first kappa shape index (κ1) is 12.5. The third-order valence-corrected chi connectivity index (χ3v) is 2.78. The van der Waals surface area contributed by atoms with E-state index in [0.29, 0.717) is 0 Å². The SMILES string of the molecule is CN(Cc1ccn(C)c(=O)c1)Cc1ccccn1. The molecule has 18 heavy (non-hydrogen) atoms. The topological polar surface area (TPSA) is 38.1 Å². The molecule has 0 aromatic carbocycles. The Morgan fingerprint density at radius 3 is 2.78 bits per heavy atom. The van der Waals surface area contributed by atoms with Gasteiger partial charge in [0.05, 0.1) is 5.69 Å². The lowest BCUT2D eigenvalue weighted by molar-refractivity contribution is 0.315. The molecule has 0 aliphatic heterocycles. The maximum atomic E-state index is 11.5. The van der Waals surface area contributed by atoms with Gasteiger partial charge in [-0.1, -0.05) is 6.07 Å². The maximum absolute atomic E-state index is 11.5. The average Bonchev–Trinajstić information content (AvgIpc) is 2.35. The van der Waals surface area contributed by atoms with E-state index < -0.39 is 0 Å². The van der Waals surface area contributed by atoms with Gasteiger partial charge in [0, 0.05) is 38.6 Å². The molecule has 0 amide bonds. The van der Waals surface area contributed by atoms with Gasteiger partial charge in [0.15, 0.2) is 0 Å². The molecule has 0 saturated carbocycles. The molecule has 0 unspecified atom stereocenters. The van der Waals surface area contributed by atoms with Crippen LogP contribution >= 0.6 is 0 Å². The summed E-state index contributed by atoms with van der Waals surface area (Å²) in [5.41, 5.74) is 2.08. The molecule has 0 saturated heterocycles. The summed E-state index contributed by atoms with van der Waals surface area (Å²) in [5, 5.41) is 0. The largest absolute Gasteiger partial charge is 0.319 e. The third kappa shape index (κ3) is 3.28. The van der Waals surface area contributed by atoms with Crippen LogP contribution in [0, 0.1) is 0 Å². The van der Waals surface area contributed by atoms with E-state index in [1.165, 1.54) is 0 Å². The minimum Gasteiger partial charge on any atom is -0.319 e. The van der Waals surface area contributed by atoms with Crippen molar-refractivity contribution >= 4 is 0 Å². The van der Waals surface area contributed by atoms with Crippen molar-refractivity contribution in [3.8, 4) is 0 Å². The van der Waals surface area contributed by atoms with Crippen molar-refractivity contribution in [3.05, 3.63) is 64.3 Å². The fourth-order valence-electron chi connectivity index (χ4n) is 1.82. The molecule has 0 bridgehead atoms. The molecule has 0 aliphatic rings. The molecule has 0 N–H and O–H groups in total. The highest BCUT2D eigenvalue weighted by molar-refractivity contribution is 5.11. The van der Waals surface area contributed by atoms with Crippen molar-refractivity contribution in [1.29, 1.82) is 0 Å². The molecule has 0 spiro atoms. The average molecular weight is 243 g/mol. The van der Waals surface area contributed by atoms with E-state index in [1.54, 1.807) is 30.1 Å². The Labute approximate surface area is 107 Å². The lowest BCUT2D eigenvalue weighted by Gasteiger charge is -2.16. The fourth-order valence-corrected chi connectivity index (χ4v) is 1.82. The predicted octanol–water partition coefficient (Wildman–Crippen LogP) is 1.41. The van der Waals surface area contributed by atoms with Crippen molar-refractivity contribution < 1.29 is 0 Å². The summed E-state index contributed by atoms with van der Waals surface area (Å²) in [7, 11) is 3.77. The van der Waals surface area contributed by atoms with Crippen molar-refractivity contribution in [2.75, 3.05) is 7.05 Å². The lowest BCUT2D eigenvalue weighted by Crippen LogP contribution is -2.21. The molecular formula is C14H17N3O. The zero-order valence-corrected chi connectivity index (χ0v) is 10.7. The lowest BCUT2D eigenvalue weighted by atomic mass is 10.2. The van der Waals surface area contributed by atoms with Gasteiger partial charge in [0.1, 0.15) is 0 Å². The molecular weight excluding hydrogens is 226 g/mol. The fraction of sp³-hybridized carbons (Fsp3) is 0.286. The molecule has 4 heteroatoms. The molecule has 2 aromatic heterocycles. The summed E-state index contributed by atoms with van der Waals surface area (Å²) >= 11 is 0. The Hall–Kier alpha value is -1.94. The second kappa shape index (κ2) is 5.60. The Bertz CT molecular complexity index is 563. The Kier molecular flexibility index (Phi) is 3.89. The molecule has 4 nitrogen and oxygen atoms in total. The van der Waals surface area contributed by atoms with Gasteiger partial charge in [0.2, 0.25) is 0 Å². The smallest absolute Gasteiger partial charge is 0.250 e. The van der Waals surface area contributed by atoms with E-state index in [9.17, 15) is 4.79 Å². The van der Waals surface area contributed by atoms with Crippen LogP contribution in [0.4, 0.5) is 0 Å². The van der Waals surface area contributed by atoms with Gasteiger partial charge < -0.3 is 4.57 Å². The van der Waals surface area contributed by atoms with Crippen LogP contribution in [0.2, 0.25) is 0 Å². The molecule has 2 rings (SSSR count). The van der Waals surface area contributed by atoms with E-state index in [2.05, 4.69) is 9.88 Å². The number of hydrogen-bond acceptors (Lipinski definition) is 3. The summed E-state index contributed by atoms with van der Waals surface area (Å²) < 4.78 is 1.57. The second-order valence-electron chi connectivity index (χ2n) is 4.48. The quantitative estimate of drug-likeness (QED) is 0.815. The molecule has 94 valence electrons. The van der Waals surface area contributed by atoms with Gasteiger partial charge in [-0.2, -0.15) is 0 Å². The molecule has 0 aliphatic carbocycles.